The van der Waals surface area contributed by atoms with Gasteiger partial charge in [-0.1, -0.05) is 12.1 Å². The normalized spacial score (nSPS) is 16.1. The smallest absolute Gasteiger partial charge is 0.316 e. The summed E-state index contributed by atoms with van der Waals surface area (Å²) >= 11 is 0. The second kappa shape index (κ2) is 5.84. The van der Waals surface area contributed by atoms with E-state index in [1.165, 1.54) is 9.80 Å². The fourth-order valence-electron chi connectivity index (χ4n) is 2.14. The van der Waals surface area contributed by atoms with E-state index in [4.69, 9.17) is 5.11 Å². The number of piperazine rings is 1. The fraction of sp³-hybridized carbons (Fsp3) is 0.429. The molecule has 1 aromatic carbocycles. The quantitative estimate of drug-likeness (QED) is 0.800. The maximum absolute atomic E-state index is 12.0. The zero-order valence-electron chi connectivity index (χ0n) is 11.0. The van der Waals surface area contributed by atoms with Crippen LogP contribution < -0.4 is 4.90 Å². The minimum absolute atomic E-state index is 0.149. The zero-order chi connectivity index (χ0) is 13.8. The maximum atomic E-state index is 12.0. The van der Waals surface area contributed by atoms with E-state index in [2.05, 4.69) is 0 Å². The summed E-state index contributed by atoms with van der Waals surface area (Å²) in [7, 11) is 1.63. The highest BCUT2D eigenvalue weighted by Crippen LogP contribution is 2.19. The van der Waals surface area contributed by atoms with Crippen molar-refractivity contribution in [1.82, 2.24) is 4.90 Å². The number of nitrogens with zero attached hydrogens (tertiary/aromatic N) is 2. The Morgan fingerprint density at radius 2 is 2.00 bits per heavy atom. The lowest BCUT2D eigenvalue weighted by molar-refractivity contribution is -0.145. The van der Waals surface area contributed by atoms with Crippen LogP contribution >= 0.6 is 0 Å². The molecular formula is C14H18N2O3. The van der Waals surface area contributed by atoms with E-state index in [9.17, 15) is 9.59 Å². The maximum Gasteiger partial charge on any atom is 0.316 e. The van der Waals surface area contributed by atoms with Gasteiger partial charge < -0.3 is 14.9 Å². The molecule has 0 saturated carbocycles. The fourth-order valence-corrected chi connectivity index (χ4v) is 2.14. The molecule has 1 aliphatic rings. The second-order valence-corrected chi connectivity index (χ2v) is 4.68. The Balaban J connectivity index is 2.17. The predicted molar refractivity (Wildman–Crippen MR) is 71.8 cm³/mol. The molecule has 0 atom stereocenters. The van der Waals surface area contributed by atoms with Crippen molar-refractivity contribution in [3.05, 3.63) is 29.8 Å². The molecule has 5 heteroatoms. The molecule has 2 rings (SSSR count). The first-order chi connectivity index (χ1) is 9.13. The minimum atomic E-state index is -0.479. The van der Waals surface area contributed by atoms with E-state index in [0.29, 0.717) is 19.5 Å². The van der Waals surface area contributed by atoms with Crippen molar-refractivity contribution in [1.29, 1.82) is 0 Å². The number of anilines is 1. The monoisotopic (exact) mass is 262 g/mol. The standard InChI is InChI=1S/C14H18N2O3/c1-15-7-8-16(14(19)13(15)18)12-6-2-4-11(10-12)5-3-9-17/h2,4,6,10,17H,3,5,7-9H2,1H3. The van der Waals surface area contributed by atoms with Crippen LogP contribution in [0, 0.1) is 0 Å². The molecule has 0 aliphatic carbocycles. The number of benzene rings is 1. The van der Waals surface area contributed by atoms with Gasteiger partial charge in [-0.05, 0) is 30.5 Å². The summed E-state index contributed by atoms with van der Waals surface area (Å²) < 4.78 is 0. The van der Waals surface area contributed by atoms with E-state index in [0.717, 1.165) is 17.7 Å². The van der Waals surface area contributed by atoms with Crippen LogP contribution in [0.5, 0.6) is 0 Å². The molecule has 0 spiro atoms. The van der Waals surface area contributed by atoms with E-state index < -0.39 is 11.8 Å². The lowest BCUT2D eigenvalue weighted by atomic mass is 10.1. The number of hydrogen-bond acceptors (Lipinski definition) is 3. The van der Waals surface area contributed by atoms with Gasteiger partial charge in [-0.3, -0.25) is 9.59 Å². The van der Waals surface area contributed by atoms with Crippen LogP contribution in [-0.2, 0) is 16.0 Å². The van der Waals surface area contributed by atoms with Crippen molar-refractivity contribution >= 4 is 17.5 Å². The van der Waals surface area contributed by atoms with Crippen LogP contribution in [0.3, 0.4) is 0 Å². The van der Waals surface area contributed by atoms with E-state index in [1.54, 1.807) is 7.05 Å². The average molecular weight is 262 g/mol. The van der Waals surface area contributed by atoms with Crippen molar-refractivity contribution in [3.8, 4) is 0 Å². The van der Waals surface area contributed by atoms with Gasteiger partial charge >= 0.3 is 11.8 Å². The molecule has 2 amide bonds. The molecule has 19 heavy (non-hydrogen) atoms. The molecule has 1 fully saturated rings. The van der Waals surface area contributed by atoms with Crippen LogP contribution in [0.2, 0.25) is 0 Å². The molecule has 5 nitrogen and oxygen atoms in total. The van der Waals surface area contributed by atoms with Gasteiger partial charge in [0.15, 0.2) is 0 Å². The third kappa shape index (κ3) is 2.93. The number of aliphatic hydroxyl groups is 1. The second-order valence-electron chi connectivity index (χ2n) is 4.68. The lowest BCUT2D eigenvalue weighted by Crippen LogP contribution is -2.53. The van der Waals surface area contributed by atoms with Crippen LogP contribution in [0.15, 0.2) is 24.3 Å². The lowest BCUT2D eigenvalue weighted by Gasteiger charge is -2.31. The van der Waals surface area contributed by atoms with Crippen LogP contribution in [-0.4, -0.2) is 48.6 Å². The Morgan fingerprint density at radius 3 is 2.74 bits per heavy atom. The number of carbonyl (C=O) groups is 2. The first-order valence-corrected chi connectivity index (χ1v) is 6.40. The summed E-state index contributed by atoms with van der Waals surface area (Å²) in [6.45, 7) is 1.21. The van der Waals surface area contributed by atoms with E-state index >= 15 is 0 Å². The van der Waals surface area contributed by atoms with Crippen molar-refractivity contribution in [3.63, 3.8) is 0 Å². The molecule has 1 saturated heterocycles. The van der Waals surface area contributed by atoms with Crippen molar-refractivity contribution < 1.29 is 14.7 Å². The minimum Gasteiger partial charge on any atom is -0.396 e. The highest BCUT2D eigenvalue weighted by Gasteiger charge is 2.31. The Bertz CT molecular complexity index is 487. The van der Waals surface area contributed by atoms with Gasteiger partial charge in [0, 0.05) is 32.4 Å². The summed E-state index contributed by atoms with van der Waals surface area (Å²) in [4.78, 5) is 26.6. The molecular weight excluding hydrogens is 244 g/mol. The number of likely N-dealkylation sites (N-methyl/N-ethyl adjacent to an activating group) is 1. The van der Waals surface area contributed by atoms with Crippen LogP contribution in [0.4, 0.5) is 5.69 Å². The molecule has 0 bridgehead atoms. The first kappa shape index (κ1) is 13.5. The van der Waals surface area contributed by atoms with Gasteiger partial charge in [-0.25, -0.2) is 0 Å². The van der Waals surface area contributed by atoms with Gasteiger partial charge in [-0.2, -0.15) is 0 Å². The number of amides is 2. The number of carbonyl (C=O) groups excluding carboxylic acids is 2. The van der Waals surface area contributed by atoms with Crippen LogP contribution in [0.25, 0.3) is 0 Å². The summed E-state index contributed by atoms with van der Waals surface area (Å²) in [5, 5.41) is 8.84. The van der Waals surface area contributed by atoms with Gasteiger partial charge in [-0.15, -0.1) is 0 Å². The third-order valence-corrected chi connectivity index (χ3v) is 3.28. The molecule has 1 aliphatic heterocycles. The molecule has 1 aromatic rings. The zero-order valence-corrected chi connectivity index (χ0v) is 11.0. The predicted octanol–water partition coefficient (Wildman–Crippen LogP) is 0.416. The SMILES string of the molecule is CN1CCN(c2cccc(CCCO)c2)C(=O)C1=O. The number of rotatable bonds is 4. The number of aliphatic hydroxyl groups excluding tert-OH is 1. The molecule has 0 unspecified atom stereocenters. The Morgan fingerprint density at radius 1 is 1.21 bits per heavy atom. The molecule has 0 radical (unpaired) electrons. The largest absolute Gasteiger partial charge is 0.396 e. The summed E-state index contributed by atoms with van der Waals surface area (Å²) in [6.07, 6.45) is 1.46. The van der Waals surface area contributed by atoms with Gasteiger partial charge in [0.05, 0.1) is 0 Å². The Kier molecular flexibility index (Phi) is 4.16. The first-order valence-electron chi connectivity index (χ1n) is 6.40. The molecule has 1 N–H and O–H groups in total. The summed E-state index contributed by atoms with van der Waals surface area (Å²) in [5.74, 6) is -0.944. The van der Waals surface area contributed by atoms with Crippen molar-refractivity contribution in [2.45, 2.75) is 12.8 Å². The van der Waals surface area contributed by atoms with Crippen LogP contribution in [0.1, 0.15) is 12.0 Å². The number of aryl methyl sites for hydroxylation is 1. The average Bonchev–Trinajstić information content (AvgIpc) is 2.43. The molecule has 102 valence electrons. The summed E-state index contributed by atoms with van der Waals surface area (Å²) in [6, 6.07) is 7.57. The highest BCUT2D eigenvalue weighted by atomic mass is 16.3. The van der Waals surface area contributed by atoms with Gasteiger partial charge in [0.1, 0.15) is 0 Å². The van der Waals surface area contributed by atoms with E-state index in [-0.39, 0.29) is 6.61 Å². The Hall–Kier alpha value is -1.88. The van der Waals surface area contributed by atoms with Crippen molar-refractivity contribution in [2.75, 3.05) is 31.6 Å². The van der Waals surface area contributed by atoms with Gasteiger partial charge in [0.2, 0.25) is 0 Å². The Labute approximate surface area is 112 Å². The molecule has 1 heterocycles. The third-order valence-electron chi connectivity index (χ3n) is 3.28. The molecule has 0 aromatic heterocycles. The number of hydrogen-bond donors (Lipinski definition) is 1. The topological polar surface area (TPSA) is 60.9 Å². The highest BCUT2D eigenvalue weighted by molar-refractivity contribution is 6.40. The summed E-state index contributed by atoms with van der Waals surface area (Å²) in [5.41, 5.74) is 1.81. The van der Waals surface area contributed by atoms with E-state index in [1.807, 2.05) is 24.3 Å². The van der Waals surface area contributed by atoms with Crippen molar-refractivity contribution in [2.24, 2.45) is 0 Å². The van der Waals surface area contributed by atoms with Gasteiger partial charge in [0.25, 0.3) is 0 Å².